The largest absolute Gasteiger partial charge is 0.486 e. The molecule has 1 amide bonds. The van der Waals surface area contributed by atoms with Crippen LogP contribution in [0.15, 0.2) is 18.2 Å². The van der Waals surface area contributed by atoms with Gasteiger partial charge in [-0.05, 0) is 12.1 Å². The number of rotatable bonds is 2. The fourth-order valence-corrected chi connectivity index (χ4v) is 1.85. The van der Waals surface area contributed by atoms with Crippen molar-refractivity contribution in [1.82, 2.24) is 16.4 Å². The van der Waals surface area contributed by atoms with E-state index in [2.05, 4.69) is 21.7 Å². The molecule has 4 N–H and O–H groups in total. The molecule has 2 aliphatic heterocycles. The molecule has 0 aliphatic carbocycles. The van der Waals surface area contributed by atoms with Gasteiger partial charge in [0.25, 0.3) is 0 Å². The number of ether oxygens (including phenoxy) is 2. The van der Waals surface area contributed by atoms with E-state index in [-0.39, 0.29) is 11.9 Å². The lowest BCUT2D eigenvalue weighted by Crippen LogP contribution is -2.40. The Morgan fingerprint density at radius 1 is 1.28 bits per heavy atom. The van der Waals surface area contributed by atoms with E-state index in [1.165, 1.54) is 0 Å². The molecule has 1 fully saturated rings. The number of carbonyl (C=O) groups excluding carboxylic acids is 1. The summed E-state index contributed by atoms with van der Waals surface area (Å²) in [4.78, 5) is 11.9. The highest BCUT2D eigenvalue weighted by Gasteiger charge is 2.22. The van der Waals surface area contributed by atoms with Crippen molar-refractivity contribution in [3.8, 4) is 11.5 Å². The molecule has 1 atom stereocenters. The van der Waals surface area contributed by atoms with Crippen LogP contribution in [0.1, 0.15) is 0 Å². The Balaban J connectivity index is 1.70. The first-order valence-corrected chi connectivity index (χ1v) is 5.77. The van der Waals surface area contributed by atoms with Crippen LogP contribution in [0.2, 0.25) is 0 Å². The average Bonchev–Trinajstić information content (AvgIpc) is 2.92. The SMILES string of the molecule is O=C(Nc1ccc2c(c1)OCCO2)C1CNNN1. The summed E-state index contributed by atoms with van der Waals surface area (Å²) in [5.74, 6) is 1.26. The summed E-state index contributed by atoms with van der Waals surface area (Å²) in [5.41, 5.74) is 9.01. The van der Waals surface area contributed by atoms with Crippen LogP contribution in [0, 0.1) is 0 Å². The lowest BCUT2D eigenvalue weighted by Gasteiger charge is -2.19. The Morgan fingerprint density at radius 3 is 2.89 bits per heavy atom. The zero-order valence-corrected chi connectivity index (χ0v) is 9.66. The number of amides is 1. The summed E-state index contributed by atoms with van der Waals surface area (Å²) < 4.78 is 10.9. The highest BCUT2D eigenvalue weighted by atomic mass is 16.6. The van der Waals surface area contributed by atoms with Crippen molar-refractivity contribution in [1.29, 1.82) is 0 Å². The molecule has 7 nitrogen and oxygen atoms in total. The highest BCUT2D eigenvalue weighted by molar-refractivity contribution is 5.95. The Labute approximate surface area is 104 Å². The van der Waals surface area contributed by atoms with Gasteiger partial charge in [0.1, 0.15) is 19.3 Å². The smallest absolute Gasteiger partial charge is 0.244 e. The normalized spacial score (nSPS) is 21.7. The van der Waals surface area contributed by atoms with Crippen LogP contribution in [-0.4, -0.2) is 31.7 Å². The third-order valence-electron chi connectivity index (χ3n) is 2.77. The molecule has 1 saturated heterocycles. The van der Waals surface area contributed by atoms with E-state index in [1.807, 2.05) is 0 Å². The summed E-state index contributed by atoms with van der Waals surface area (Å²) in [6, 6.07) is 5.06. The monoisotopic (exact) mass is 250 g/mol. The predicted molar refractivity (Wildman–Crippen MR) is 64.1 cm³/mol. The van der Waals surface area contributed by atoms with Gasteiger partial charge in [-0.3, -0.25) is 4.79 Å². The van der Waals surface area contributed by atoms with E-state index in [4.69, 9.17) is 9.47 Å². The number of hydrogen-bond acceptors (Lipinski definition) is 6. The van der Waals surface area contributed by atoms with Crippen LogP contribution in [0.3, 0.4) is 0 Å². The topological polar surface area (TPSA) is 83.7 Å². The van der Waals surface area contributed by atoms with Crippen LogP contribution >= 0.6 is 0 Å². The summed E-state index contributed by atoms with van der Waals surface area (Å²) in [6.07, 6.45) is 0. The van der Waals surface area contributed by atoms with E-state index >= 15 is 0 Å². The maximum atomic E-state index is 11.9. The maximum absolute atomic E-state index is 11.9. The van der Waals surface area contributed by atoms with Gasteiger partial charge < -0.3 is 14.8 Å². The van der Waals surface area contributed by atoms with Crippen molar-refractivity contribution in [3.63, 3.8) is 0 Å². The summed E-state index contributed by atoms with van der Waals surface area (Å²) in [5, 5.41) is 2.82. The van der Waals surface area contributed by atoms with Crippen molar-refractivity contribution >= 4 is 11.6 Å². The lowest BCUT2D eigenvalue weighted by atomic mass is 10.2. The Bertz CT molecular complexity index is 460. The predicted octanol–water partition coefficient (Wildman–Crippen LogP) is -0.623. The highest BCUT2D eigenvalue weighted by Crippen LogP contribution is 2.32. The number of anilines is 1. The molecule has 18 heavy (non-hydrogen) atoms. The summed E-state index contributed by atoms with van der Waals surface area (Å²) >= 11 is 0. The number of fused-ring (bicyclic) bond motifs is 1. The third kappa shape index (κ3) is 2.23. The van der Waals surface area contributed by atoms with Gasteiger partial charge in [0.15, 0.2) is 11.5 Å². The van der Waals surface area contributed by atoms with Gasteiger partial charge in [-0.1, -0.05) is 0 Å². The van der Waals surface area contributed by atoms with E-state index in [9.17, 15) is 4.79 Å². The first-order chi connectivity index (χ1) is 8.83. The molecule has 7 heteroatoms. The lowest BCUT2D eigenvalue weighted by molar-refractivity contribution is -0.117. The quantitative estimate of drug-likeness (QED) is 0.560. The standard InChI is InChI=1S/C11H14N4O3/c16-11(8-6-12-15-14-8)13-7-1-2-9-10(5-7)18-4-3-17-9/h1-2,5,8,12,14-15H,3-4,6H2,(H,13,16). The van der Waals surface area contributed by atoms with Crippen molar-refractivity contribution in [2.75, 3.05) is 25.1 Å². The van der Waals surface area contributed by atoms with E-state index < -0.39 is 0 Å². The number of hydrogen-bond donors (Lipinski definition) is 4. The number of nitrogens with one attached hydrogen (secondary N) is 4. The maximum Gasteiger partial charge on any atom is 0.244 e. The molecular formula is C11H14N4O3. The van der Waals surface area contributed by atoms with Gasteiger partial charge in [-0.15, -0.1) is 0 Å². The van der Waals surface area contributed by atoms with Crippen molar-refractivity contribution < 1.29 is 14.3 Å². The van der Waals surface area contributed by atoms with Crippen LogP contribution < -0.4 is 31.2 Å². The Morgan fingerprint density at radius 2 is 2.11 bits per heavy atom. The summed E-state index contributed by atoms with van der Waals surface area (Å²) in [6.45, 7) is 1.63. The van der Waals surface area contributed by atoms with Gasteiger partial charge in [0.05, 0.1) is 0 Å². The second-order valence-electron chi connectivity index (χ2n) is 4.05. The van der Waals surface area contributed by atoms with Crippen LogP contribution in [-0.2, 0) is 4.79 Å². The number of carbonyl (C=O) groups is 1. The third-order valence-corrected chi connectivity index (χ3v) is 2.77. The molecule has 0 bridgehead atoms. The van der Waals surface area contributed by atoms with E-state index in [0.29, 0.717) is 36.9 Å². The molecule has 1 unspecified atom stereocenters. The zero-order valence-electron chi connectivity index (χ0n) is 9.66. The van der Waals surface area contributed by atoms with Gasteiger partial charge in [-0.2, -0.15) is 5.53 Å². The van der Waals surface area contributed by atoms with Gasteiger partial charge in [0.2, 0.25) is 5.91 Å². The molecule has 0 saturated carbocycles. The molecule has 96 valence electrons. The van der Waals surface area contributed by atoms with Crippen molar-refractivity contribution in [2.24, 2.45) is 0 Å². The van der Waals surface area contributed by atoms with Crippen molar-refractivity contribution in [3.05, 3.63) is 18.2 Å². The molecule has 2 heterocycles. The first kappa shape index (κ1) is 11.3. The van der Waals surface area contributed by atoms with Gasteiger partial charge in [0, 0.05) is 18.3 Å². The molecule has 0 radical (unpaired) electrons. The fraction of sp³-hybridized carbons (Fsp3) is 0.364. The minimum Gasteiger partial charge on any atom is -0.486 e. The molecule has 3 rings (SSSR count). The average molecular weight is 250 g/mol. The molecular weight excluding hydrogens is 236 g/mol. The van der Waals surface area contributed by atoms with Crippen LogP contribution in [0.25, 0.3) is 0 Å². The van der Waals surface area contributed by atoms with E-state index in [1.54, 1.807) is 18.2 Å². The Hall–Kier alpha value is -1.83. The van der Waals surface area contributed by atoms with Crippen LogP contribution in [0.5, 0.6) is 11.5 Å². The molecule has 1 aromatic rings. The van der Waals surface area contributed by atoms with Gasteiger partial charge in [-0.25, -0.2) is 10.9 Å². The van der Waals surface area contributed by atoms with Crippen molar-refractivity contribution in [2.45, 2.75) is 6.04 Å². The van der Waals surface area contributed by atoms with Crippen LogP contribution in [0.4, 0.5) is 5.69 Å². The van der Waals surface area contributed by atoms with E-state index in [0.717, 1.165) is 0 Å². The first-order valence-electron chi connectivity index (χ1n) is 5.77. The Kier molecular flexibility index (Phi) is 3.01. The minimum atomic E-state index is -0.293. The second kappa shape index (κ2) is 4.81. The molecule has 1 aromatic carbocycles. The minimum absolute atomic E-state index is 0.107. The molecule has 0 spiro atoms. The molecule has 0 aromatic heterocycles. The fourth-order valence-electron chi connectivity index (χ4n) is 1.85. The van der Waals surface area contributed by atoms with Gasteiger partial charge >= 0.3 is 0 Å². The molecule has 2 aliphatic rings. The second-order valence-corrected chi connectivity index (χ2v) is 4.05. The number of benzene rings is 1. The zero-order chi connectivity index (χ0) is 12.4. The summed E-state index contributed by atoms with van der Waals surface area (Å²) in [7, 11) is 0. The number of hydrazine groups is 2.